The number of nitrogens with two attached hydrogens (primary N) is 1. The minimum absolute atomic E-state index is 0.226. The van der Waals surface area contributed by atoms with E-state index in [0.29, 0.717) is 12.0 Å². The van der Waals surface area contributed by atoms with E-state index in [4.69, 9.17) is 5.84 Å². The van der Waals surface area contributed by atoms with Crippen LogP contribution in [-0.2, 0) is 11.8 Å². The predicted octanol–water partition coefficient (Wildman–Crippen LogP) is 3.32. The van der Waals surface area contributed by atoms with E-state index in [1.54, 1.807) is 6.07 Å². The van der Waals surface area contributed by atoms with Crippen molar-refractivity contribution in [3.8, 4) is 0 Å². The van der Waals surface area contributed by atoms with Crippen LogP contribution in [0.15, 0.2) is 48.5 Å². The lowest BCUT2D eigenvalue weighted by molar-refractivity contribution is 0.337. The molecule has 0 bridgehead atoms. The van der Waals surface area contributed by atoms with Gasteiger partial charge in [-0.25, -0.2) is 8.78 Å². The highest BCUT2D eigenvalue weighted by molar-refractivity contribution is 5.28. The van der Waals surface area contributed by atoms with Crippen molar-refractivity contribution in [1.82, 2.24) is 5.43 Å². The van der Waals surface area contributed by atoms with Crippen LogP contribution in [0.4, 0.5) is 8.78 Å². The van der Waals surface area contributed by atoms with E-state index in [0.717, 1.165) is 11.6 Å². The molecule has 0 saturated carbocycles. The fourth-order valence-electron chi connectivity index (χ4n) is 2.52. The standard InChI is InChI=1S/C17H20F2N2/c1-17(2,13-8-4-3-5-9-13)15(21-20)11-12-7-6-10-14(18)16(12)19/h3-10,15,21H,11,20H2,1-2H3. The summed E-state index contributed by atoms with van der Waals surface area (Å²) in [7, 11) is 0. The second kappa shape index (κ2) is 6.33. The van der Waals surface area contributed by atoms with Crippen LogP contribution < -0.4 is 11.3 Å². The number of hydrogen-bond donors (Lipinski definition) is 2. The zero-order valence-corrected chi connectivity index (χ0v) is 12.2. The van der Waals surface area contributed by atoms with Gasteiger partial charge in [0.2, 0.25) is 0 Å². The highest BCUT2D eigenvalue weighted by Gasteiger charge is 2.31. The number of hydrazine groups is 1. The second-order valence-electron chi connectivity index (χ2n) is 5.72. The van der Waals surface area contributed by atoms with Crippen molar-refractivity contribution in [1.29, 1.82) is 0 Å². The van der Waals surface area contributed by atoms with E-state index >= 15 is 0 Å². The Hall–Kier alpha value is -1.78. The Bertz CT molecular complexity index is 597. The molecular weight excluding hydrogens is 270 g/mol. The van der Waals surface area contributed by atoms with Crippen LogP contribution in [-0.4, -0.2) is 6.04 Å². The van der Waals surface area contributed by atoms with Gasteiger partial charge in [-0.15, -0.1) is 0 Å². The number of hydrogen-bond acceptors (Lipinski definition) is 2. The maximum Gasteiger partial charge on any atom is 0.162 e. The molecule has 1 unspecified atom stereocenters. The maximum atomic E-state index is 13.8. The van der Waals surface area contributed by atoms with Crippen LogP contribution in [0, 0.1) is 11.6 Å². The molecule has 2 aromatic rings. The minimum atomic E-state index is -0.833. The molecule has 2 rings (SSSR count). The van der Waals surface area contributed by atoms with Crippen LogP contribution >= 0.6 is 0 Å². The lowest BCUT2D eigenvalue weighted by Gasteiger charge is -2.34. The van der Waals surface area contributed by atoms with E-state index in [1.165, 1.54) is 6.07 Å². The van der Waals surface area contributed by atoms with Crippen molar-refractivity contribution < 1.29 is 8.78 Å². The fourth-order valence-corrected chi connectivity index (χ4v) is 2.52. The highest BCUT2D eigenvalue weighted by atomic mass is 19.2. The highest BCUT2D eigenvalue weighted by Crippen LogP contribution is 2.29. The average Bonchev–Trinajstić information content (AvgIpc) is 2.49. The molecule has 21 heavy (non-hydrogen) atoms. The van der Waals surface area contributed by atoms with Crippen molar-refractivity contribution in [2.45, 2.75) is 31.7 Å². The van der Waals surface area contributed by atoms with Gasteiger partial charge in [0, 0.05) is 11.5 Å². The van der Waals surface area contributed by atoms with Gasteiger partial charge in [0.1, 0.15) is 0 Å². The molecule has 0 fully saturated rings. The van der Waals surface area contributed by atoms with Crippen molar-refractivity contribution in [2.24, 2.45) is 5.84 Å². The van der Waals surface area contributed by atoms with Gasteiger partial charge in [-0.1, -0.05) is 56.3 Å². The monoisotopic (exact) mass is 290 g/mol. The lowest BCUT2D eigenvalue weighted by Crippen LogP contribution is -2.49. The van der Waals surface area contributed by atoms with E-state index in [-0.39, 0.29) is 11.5 Å². The van der Waals surface area contributed by atoms with Crippen LogP contribution in [0.5, 0.6) is 0 Å². The van der Waals surface area contributed by atoms with Crippen LogP contribution in [0.1, 0.15) is 25.0 Å². The Kier molecular flexibility index (Phi) is 4.70. The zero-order chi connectivity index (χ0) is 15.5. The first-order chi connectivity index (χ1) is 9.96. The molecule has 2 aromatic carbocycles. The fraction of sp³-hybridized carbons (Fsp3) is 0.294. The van der Waals surface area contributed by atoms with Crippen LogP contribution in [0.25, 0.3) is 0 Å². The van der Waals surface area contributed by atoms with Crippen molar-refractivity contribution in [3.05, 3.63) is 71.3 Å². The van der Waals surface area contributed by atoms with E-state index in [1.807, 2.05) is 44.2 Å². The van der Waals surface area contributed by atoms with Gasteiger partial charge in [0.15, 0.2) is 11.6 Å². The Labute approximate surface area is 124 Å². The summed E-state index contributed by atoms with van der Waals surface area (Å²) < 4.78 is 27.2. The van der Waals surface area contributed by atoms with Gasteiger partial charge < -0.3 is 0 Å². The molecule has 2 nitrogen and oxygen atoms in total. The summed E-state index contributed by atoms with van der Waals surface area (Å²) in [4.78, 5) is 0. The normalized spacial score (nSPS) is 13.2. The molecule has 1 atom stereocenters. The van der Waals surface area contributed by atoms with Gasteiger partial charge >= 0.3 is 0 Å². The first-order valence-corrected chi connectivity index (χ1v) is 6.91. The largest absolute Gasteiger partial charge is 0.271 e. The number of halogens is 2. The average molecular weight is 290 g/mol. The summed E-state index contributed by atoms with van der Waals surface area (Å²) in [5.74, 6) is 4.03. The van der Waals surface area contributed by atoms with Gasteiger partial charge in [-0.3, -0.25) is 11.3 Å². The Morgan fingerprint density at radius 1 is 1.05 bits per heavy atom. The summed E-state index contributed by atoms with van der Waals surface area (Å²) in [5.41, 5.74) is 3.83. The summed E-state index contributed by atoms with van der Waals surface area (Å²) in [5, 5.41) is 0. The summed E-state index contributed by atoms with van der Waals surface area (Å²) >= 11 is 0. The molecule has 0 aliphatic heterocycles. The maximum absolute atomic E-state index is 13.8. The number of rotatable bonds is 5. The quantitative estimate of drug-likeness (QED) is 0.655. The van der Waals surface area contributed by atoms with Gasteiger partial charge in [-0.2, -0.15) is 0 Å². The van der Waals surface area contributed by atoms with Gasteiger partial charge in [0.25, 0.3) is 0 Å². The van der Waals surface area contributed by atoms with Crippen LogP contribution in [0.2, 0.25) is 0 Å². The first kappa shape index (κ1) is 15.6. The number of benzene rings is 2. The third-order valence-electron chi connectivity index (χ3n) is 4.05. The molecule has 0 spiro atoms. The van der Waals surface area contributed by atoms with E-state index < -0.39 is 11.6 Å². The first-order valence-electron chi connectivity index (χ1n) is 6.91. The lowest BCUT2D eigenvalue weighted by atomic mass is 9.75. The van der Waals surface area contributed by atoms with Crippen molar-refractivity contribution in [2.75, 3.05) is 0 Å². The SMILES string of the molecule is CC(C)(c1ccccc1)C(Cc1cccc(F)c1F)NN. The summed E-state index contributed by atoms with van der Waals surface area (Å²) in [6.45, 7) is 4.06. The molecule has 0 aliphatic rings. The van der Waals surface area contributed by atoms with Gasteiger partial charge in [-0.05, 0) is 23.6 Å². The molecule has 0 radical (unpaired) electrons. The smallest absolute Gasteiger partial charge is 0.162 e. The molecule has 0 amide bonds. The zero-order valence-electron chi connectivity index (χ0n) is 12.2. The summed E-state index contributed by atoms with van der Waals surface area (Å²) in [6.07, 6.45) is 0.308. The molecule has 3 N–H and O–H groups in total. The molecule has 0 saturated heterocycles. The predicted molar refractivity (Wildman–Crippen MR) is 80.6 cm³/mol. The van der Waals surface area contributed by atoms with E-state index in [2.05, 4.69) is 5.43 Å². The molecule has 112 valence electrons. The topological polar surface area (TPSA) is 38.0 Å². The van der Waals surface area contributed by atoms with Gasteiger partial charge in [0.05, 0.1) is 0 Å². The number of nitrogens with one attached hydrogen (secondary N) is 1. The third-order valence-corrected chi connectivity index (χ3v) is 4.05. The van der Waals surface area contributed by atoms with Crippen molar-refractivity contribution >= 4 is 0 Å². The molecule has 0 aliphatic carbocycles. The molecule has 4 heteroatoms. The van der Waals surface area contributed by atoms with Crippen LogP contribution in [0.3, 0.4) is 0 Å². The molecular formula is C17H20F2N2. The summed E-state index contributed by atoms with van der Waals surface area (Å²) in [6, 6.07) is 13.8. The Morgan fingerprint density at radius 3 is 2.33 bits per heavy atom. The van der Waals surface area contributed by atoms with E-state index in [9.17, 15) is 8.78 Å². The van der Waals surface area contributed by atoms with Crippen molar-refractivity contribution in [3.63, 3.8) is 0 Å². The second-order valence-corrected chi connectivity index (χ2v) is 5.72. The molecule has 0 heterocycles. The Balaban J connectivity index is 2.29. The third kappa shape index (κ3) is 3.28. The minimum Gasteiger partial charge on any atom is -0.271 e. The Morgan fingerprint density at radius 2 is 1.71 bits per heavy atom. The molecule has 0 aromatic heterocycles.